The van der Waals surface area contributed by atoms with E-state index in [1.54, 1.807) is 13.0 Å². The molecular weight excluding hydrogens is 479 g/mol. The predicted molar refractivity (Wildman–Crippen MR) is 141 cm³/mol. The Bertz CT molecular complexity index is 1020. The second-order valence-electron chi connectivity index (χ2n) is 10.3. The number of aliphatic hydroxyl groups excluding tert-OH is 1. The molecule has 9 heteroatoms. The number of hydrogen-bond donors (Lipinski definition) is 4. The van der Waals surface area contributed by atoms with E-state index in [0.29, 0.717) is 36.8 Å². The van der Waals surface area contributed by atoms with Crippen molar-refractivity contribution in [2.24, 2.45) is 23.5 Å². The van der Waals surface area contributed by atoms with Gasteiger partial charge in [-0.2, -0.15) is 0 Å². The van der Waals surface area contributed by atoms with E-state index in [1.807, 2.05) is 33.8 Å². The molecule has 37 heavy (non-hydrogen) atoms. The number of ether oxygens (including phenoxy) is 2. The standard InChI is InChI=1S/C28H41FN2O6/c1-15-10-20-13-21(29)14-22(25(20)33)31-27(34)17(3)9-7-8-16(2)26(37-28(30)35)19(5)12-18(4)24(32)23(11-15)36-6/h9,12-16,18,23-24,26,32-33H,7-8,10-11H2,1-6H3,(H2,30,35)(H,31,34)/b17-9+,19-12+/t15-,16+,18+,23+,24-,26-/m1/s1. The summed E-state index contributed by atoms with van der Waals surface area (Å²) in [5.41, 5.74) is 6.85. The summed E-state index contributed by atoms with van der Waals surface area (Å²) < 4.78 is 25.4. The minimum Gasteiger partial charge on any atom is -0.505 e. The van der Waals surface area contributed by atoms with Crippen LogP contribution in [0, 0.1) is 23.6 Å². The number of amides is 2. The number of benzene rings is 1. The van der Waals surface area contributed by atoms with E-state index in [9.17, 15) is 24.2 Å². The maximum Gasteiger partial charge on any atom is 0.405 e. The van der Waals surface area contributed by atoms with Crippen molar-refractivity contribution in [3.63, 3.8) is 0 Å². The molecule has 0 aliphatic carbocycles. The van der Waals surface area contributed by atoms with Crippen molar-refractivity contribution >= 4 is 17.7 Å². The molecule has 0 saturated heterocycles. The summed E-state index contributed by atoms with van der Waals surface area (Å²) in [6.45, 7) is 9.16. The first-order chi connectivity index (χ1) is 17.3. The monoisotopic (exact) mass is 520 g/mol. The van der Waals surface area contributed by atoms with Gasteiger partial charge in [0.05, 0.1) is 17.9 Å². The summed E-state index contributed by atoms with van der Waals surface area (Å²) in [7, 11) is 1.52. The number of phenolic OH excluding ortho intramolecular Hbond substituents is 1. The zero-order chi connectivity index (χ0) is 27.9. The first kappa shape index (κ1) is 30.3. The molecule has 2 rings (SSSR count). The first-order valence-electron chi connectivity index (χ1n) is 12.7. The summed E-state index contributed by atoms with van der Waals surface area (Å²) in [6, 6.07) is 2.34. The highest BCUT2D eigenvalue weighted by Crippen LogP contribution is 2.33. The highest BCUT2D eigenvalue weighted by molar-refractivity contribution is 6.04. The van der Waals surface area contributed by atoms with Gasteiger partial charge >= 0.3 is 6.09 Å². The molecule has 2 amide bonds. The largest absolute Gasteiger partial charge is 0.505 e. The number of phenols is 1. The zero-order valence-electron chi connectivity index (χ0n) is 22.6. The zero-order valence-corrected chi connectivity index (χ0v) is 22.6. The van der Waals surface area contributed by atoms with Crippen LogP contribution in [0.4, 0.5) is 14.9 Å². The van der Waals surface area contributed by atoms with E-state index in [1.165, 1.54) is 13.2 Å². The number of anilines is 1. The Labute approximate surface area is 218 Å². The molecule has 6 atom stereocenters. The van der Waals surface area contributed by atoms with Crippen molar-refractivity contribution in [1.29, 1.82) is 0 Å². The summed E-state index contributed by atoms with van der Waals surface area (Å²) in [5.74, 6) is -1.77. The normalized spacial score (nSPS) is 31.4. The van der Waals surface area contributed by atoms with E-state index >= 15 is 0 Å². The van der Waals surface area contributed by atoms with E-state index in [-0.39, 0.29) is 29.2 Å². The Kier molecular flexibility index (Phi) is 11.1. The number of halogens is 1. The average molecular weight is 521 g/mol. The van der Waals surface area contributed by atoms with Gasteiger partial charge in [-0.1, -0.05) is 32.9 Å². The predicted octanol–water partition coefficient (Wildman–Crippen LogP) is 4.84. The quantitative estimate of drug-likeness (QED) is 0.326. The summed E-state index contributed by atoms with van der Waals surface area (Å²) in [4.78, 5) is 24.3. The molecular formula is C28H41FN2O6. The molecule has 206 valence electrons. The molecule has 1 aliphatic heterocycles. The molecule has 1 aliphatic rings. The van der Waals surface area contributed by atoms with E-state index in [2.05, 4.69) is 5.32 Å². The van der Waals surface area contributed by atoms with Crippen LogP contribution >= 0.6 is 0 Å². The third kappa shape index (κ3) is 8.57. The maximum absolute atomic E-state index is 14.4. The van der Waals surface area contributed by atoms with Gasteiger partial charge in [0.2, 0.25) is 0 Å². The highest BCUT2D eigenvalue weighted by Gasteiger charge is 2.29. The molecule has 1 heterocycles. The Morgan fingerprint density at radius 1 is 1.22 bits per heavy atom. The van der Waals surface area contributed by atoms with E-state index in [0.717, 1.165) is 11.6 Å². The van der Waals surface area contributed by atoms with Crippen molar-refractivity contribution in [3.8, 4) is 5.75 Å². The van der Waals surface area contributed by atoms with Crippen LogP contribution in [0.25, 0.3) is 0 Å². The van der Waals surface area contributed by atoms with Crippen molar-refractivity contribution in [2.45, 2.75) is 78.6 Å². The van der Waals surface area contributed by atoms with Crippen LogP contribution < -0.4 is 11.1 Å². The van der Waals surface area contributed by atoms with Crippen molar-refractivity contribution in [1.82, 2.24) is 0 Å². The third-order valence-electron chi connectivity index (χ3n) is 6.99. The van der Waals surface area contributed by atoms with E-state index in [4.69, 9.17) is 15.2 Å². The number of hydrogen-bond acceptors (Lipinski definition) is 6. The molecule has 5 N–H and O–H groups in total. The lowest BCUT2D eigenvalue weighted by Gasteiger charge is -2.29. The lowest BCUT2D eigenvalue weighted by atomic mass is 9.87. The molecule has 8 nitrogen and oxygen atoms in total. The maximum atomic E-state index is 14.4. The van der Waals surface area contributed by atoms with E-state index < -0.39 is 36.1 Å². The van der Waals surface area contributed by atoms with Gasteiger partial charge in [-0.15, -0.1) is 0 Å². The lowest BCUT2D eigenvalue weighted by Crippen LogP contribution is -2.35. The van der Waals surface area contributed by atoms with Crippen molar-refractivity contribution in [2.75, 3.05) is 12.4 Å². The third-order valence-corrected chi connectivity index (χ3v) is 6.99. The van der Waals surface area contributed by atoms with Gasteiger partial charge in [0, 0.05) is 24.7 Å². The number of rotatable bonds is 2. The SMILES string of the molecule is CO[C@H]1C[C@H](C)Cc2cc(F)cc(c2O)NC(=O)/C(C)=C/CC[C@H](C)[C@@H](OC(N)=O)/C(C)=C/[C@H](C)[C@H]1O. The minimum absolute atomic E-state index is 0.00192. The molecule has 0 unspecified atom stereocenters. The molecule has 2 bridgehead atoms. The van der Waals surface area contributed by atoms with Gasteiger partial charge in [0.15, 0.2) is 0 Å². The van der Waals surface area contributed by atoms with Crippen LogP contribution in [0.2, 0.25) is 0 Å². The lowest BCUT2D eigenvalue weighted by molar-refractivity contribution is -0.112. The molecule has 0 fully saturated rings. The number of allylic oxidation sites excluding steroid dienone is 1. The first-order valence-corrected chi connectivity index (χ1v) is 12.7. The smallest absolute Gasteiger partial charge is 0.405 e. The van der Waals surface area contributed by atoms with Crippen LogP contribution in [-0.2, 0) is 20.7 Å². The molecule has 0 aromatic heterocycles. The van der Waals surface area contributed by atoms with Crippen LogP contribution in [0.15, 0.2) is 35.4 Å². The Morgan fingerprint density at radius 2 is 1.89 bits per heavy atom. The number of aliphatic hydroxyl groups is 1. The average Bonchev–Trinajstić information content (AvgIpc) is 2.82. The molecule has 1 aromatic rings. The second kappa shape index (κ2) is 13.6. The second-order valence-corrected chi connectivity index (χ2v) is 10.3. The van der Waals surface area contributed by atoms with Crippen LogP contribution in [-0.4, -0.2) is 47.6 Å². The molecule has 0 spiro atoms. The molecule has 0 radical (unpaired) electrons. The van der Waals surface area contributed by atoms with Crippen LogP contribution in [0.1, 0.15) is 59.4 Å². The van der Waals surface area contributed by atoms with Gasteiger partial charge in [0.25, 0.3) is 5.91 Å². The summed E-state index contributed by atoms with van der Waals surface area (Å²) in [5, 5.41) is 24.4. The number of nitrogens with two attached hydrogens (primary N) is 1. The number of carbonyl (C=O) groups is 2. The topological polar surface area (TPSA) is 131 Å². The number of methoxy groups -OCH3 is 1. The fraction of sp³-hybridized carbons (Fsp3) is 0.571. The van der Waals surface area contributed by atoms with Crippen LogP contribution in [0.5, 0.6) is 5.75 Å². The minimum atomic E-state index is -0.889. The van der Waals surface area contributed by atoms with Gasteiger partial charge in [-0.25, -0.2) is 9.18 Å². The van der Waals surface area contributed by atoms with Gasteiger partial charge in [-0.3, -0.25) is 4.79 Å². The number of fused-ring (bicyclic) bond motifs is 2. The Balaban J connectivity index is 2.48. The fourth-order valence-electron chi connectivity index (χ4n) is 4.89. The van der Waals surface area contributed by atoms with Crippen molar-refractivity contribution in [3.05, 3.63) is 46.8 Å². The van der Waals surface area contributed by atoms with Gasteiger partial charge < -0.3 is 30.7 Å². The highest BCUT2D eigenvalue weighted by atomic mass is 19.1. The molecule has 1 aromatic carbocycles. The number of aromatic hydroxyl groups is 1. The molecule has 0 saturated carbocycles. The summed E-state index contributed by atoms with van der Waals surface area (Å²) >= 11 is 0. The van der Waals surface area contributed by atoms with Gasteiger partial charge in [-0.05, 0) is 68.6 Å². The Hall–Kier alpha value is -2.91. The number of primary amides is 1. The van der Waals surface area contributed by atoms with Crippen molar-refractivity contribution < 1.29 is 33.7 Å². The van der Waals surface area contributed by atoms with Crippen LogP contribution in [0.3, 0.4) is 0 Å². The number of carbonyl (C=O) groups excluding carboxylic acids is 2. The fourth-order valence-corrected chi connectivity index (χ4v) is 4.89. The summed E-state index contributed by atoms with van der Waals surface area (Å²) in [6.07, 6.45) is 2.55. The Morgan fingerprint density at radius 3 is 2.51 bits per heavy atom. The number of nitrogens with one attached hydrogen (secondary N) is 1. The van der Waals surface area contributed by atoms with Gasteiger partial charge in [0.1, 0.15) is 17.7 Å².